The van der Waals surface area contributed by atoms with Crippen LogP contribution in [0, 0.1) is 11.8 Å². The average Bonchev–Trinajstić information content (AvgIpc) is 2.46. The van der Waals surface area contributed by atoms with Gasteiger partial charge in [-0.05, 0) is 64.6 Å². The van der Waals surface area contributed by atoms with Gasteiger partial charge in [-0.3, -0.25) is 0 Å². The number of hydrogen-bond acceptors (Lipinski definition) is 2. The van der Waals surface area contributed by atoms with E-state index in [2.05, 4.69) is 31.1 Å². The summed E-state index contributed by atoms with van der Waals surface area (Å²) in [7, 11) is 2.10. The molecule has 0 spiro atoms. The van der Waals surface area contributed by atoms with E-state index >= 15 is 0 Å². The highest BCUT2D eigenvalue weighted by molar-refractivity contribution is 4.85. The molecule has 18 heavy (non-hydrogen) atoms. The van der Waals surface area contributed by atoms with Crippen LogP contribution in [0.4, 0.5) is 0 Å². The van der Waals surface area contributed by atoms with Gasteiger partial charge in [-0.15, -0.1) is 0 Å². The SMILES string of the molecule is CCC1CCCC(N2CCC(C(C)NC)CC2)C1. The monoisotopic (exact) mass is 252 g/mol. The van der Waals surface area contributed by atoms with Crippen molar-refractivity contribution in [1.82, 2.24) is 10.2 Å². The summed E-state index contributed by atoms with van der Waals surface area (Å²) in [6, 6.07) is 1.61. The third kappa shape index (κ3) is 3.48. The molecule has 106 valence electrons. The van der Waals surface area contributed by atoms with Crippen molar-refractivity contribution < 1.29 is 0 Å². The summed E-state index contributed by atoms with van der Waals surface area (Å²) in [5.41, 5.74) is 0. The zero-order valence-corrected chi connectivity index (χ0v) is 12.6. The van der Waals surface area contributed by atoms with Crippen LogP contribution >= 0.6 is 0 Å². The van der Waals surface area contributed by atoms with Crippen molar-refractivity contribution in [1.29, 1.82) is 0 Å². The molecule has 0 aromatic heterocycles. The molecule has 1 heterocycles. The summed E-state index contributed by atoms with van der Waals surface area (Å²) >= 11 is 0. The van der Waals surface area contributed by atoms with E-state index in [-0.39, 0.29) is 0 Å². The van der Waals surface area contributed by atoms with Crippen molar-refractivity contribution in [2.24, 2.45) is 11.8 Å². The second-order valence-corrected chi connectivity index (χ2v) is 6.55. The molecule has 0 bridgehead atoms. The van der Waals surface area contributed by atoms with Crippen LogP contribution < -0.4 is 5.32 Å². The quantitative estimate of drug-likeness (QED) is 0.826. The van der Waals surface area contributed by atoms with Crippen molar-refractivity contribution in [2.75, 3.05) is 20.1 Å². The highest BCUT2D eigenvalue weighted by Gasteiger charge is 2.30. The average molecular weight is 252 g/mol. The van der Waals surface area contributed by atoms with E-state index in [1.54, 1.807) is 0 Å². The Labute approximate surface area is 114 Å². The molecule has 2 nitrogen and oxygen atoms in total. The van der Waals surface area contributed by atoms with Crippen molar-refractivity contribution in [3.05, 3.63) is 0 Å². The van der Waals surface area contributed by atoms with Crippen LogP contribution in [-0.4, -0.2) is 37.1 Å². The number of piperidine rings is 1. The Hall–Kier alpha value is -0.0800. The number of nitrogens with one attached hydrogen (secondary N) is 1. The molecule has 2 aliphatic rings. The van der Waals surface area contributed by atoms with Crippen LogP contribution in [-0.2, 0) is 0 Å². The van der Waals surface area contributed by atoms with Gasteiger partial charge < -0.3 is 10.2 Å². The van der Waals surface area contributed by atoms with E-state index in [4.69, 9.17) is 0 Å². The maximum atomic E-state index is 3.43. The zero-order valence-electron chi connectivity index (χ0n) is 12.6. The Morgan fingerprint density at radius 2 is 1.89 bits per heavy atom. The number of hydrogen-bond donors (Lipinski definition) is 1. The Balaban J connectivity index is 1.78. The Morgan fingerprint density at radius 3 is 2.50 bits per heavy atom. The minimum atomic E-state index is 0.696. The first-order valence-corrected chi connectivity index (χ1v) is 8.15. The van der Waals surface area contributed by atoms with E-state index in [1.807, 2.05) is 0 Å². The third-order valence-electron chi connectivity index (χ3n) is 5.59. The lowest BCUT2D eigenvalue weighted by molar-refractivity contribution is 0.0816. The fourth-order valence-electron chi connectivity index (χ4n) is 3.99. The standard InChI is InChI=1S/C16H32N2/c1-4-14-6-5-7-16(12-14)18-10-8-15(9-11-18)13(2)17-3/h13-17H,4-12H2,1-3H3. The van der Waals surface area contributed by atoms with Gasteiger partial charge in [0.05, 0.1) is 0 Å². The first-order chi connectivity index (χ1) is 8.74. The molecular weight excluding hydrogens is 220 g/mol. The van der Waals surface area contributed by atoms with Gasteiger partial charge >= 0.3 is 0 Å². The lowest BCUT2D eigenvalue weighted by Gasteiger charge is -2.42. The Bertz CT molecular complexity index is 233. The molecule has 2 fully saturated rings. The molecule has 2 heteroatoms. The van der Waals surface area contributed by atoms with Crippen molar-refractivity contribution in [3.63, 3.8) is 0 Å². The summed E-state index contributed by atoms with van der Waals surface area (Å²) in [4.78, 5) is 2.81. The molecule has 1 aliphatic heterocycles. The molecule has 2 rings (SSSR count). The largest absolute Gasteiger partial charge is 0.317 e. The van der Waals surface area contributed by atoms with Crippen molar-refractivity contribution in [3.8, 4) is 0 Å². The predicted molar refractivity (Wildman–Crippen MR) is 78.9 cm³/mol. The van der Waals surface area contributed by atoms with Crippen molar-refractivity contribution in [2.45, 2.75) is 70.9 Å². The van der Waals surface area contributed by atoms with Crippen molar-refractivity contribution >= 4 is 0 Å². The molecule has 3 unspecified atom stereocenters. The van der Waals surface area contributed by atoms with Gasteiger partial charge in [0.25, 0.3) is 0 Å². The highest BCUT2D eigenvalue weighted by atomic mass is 15.2. The topological polar surface area (TPSA) is 15.3 Å². The molecule has 0 aromatic carbocycles. The van der Waals surface area contributed by atoms with Gasteiger partial charge in [0.2, 0.25) is 0 Å². The molecular formula is C16H32N2. The summed E-state index contributed by atoms with van der Waals surface area (Å²) in [6.07, 6.45) is 10.1. The lowest BCUT2D eigenvalue weighted by atomic mass is 9.82. The number of rotatable bonds is 4. The Morgan fingerprint density at radius 1 is 1.17 bits per heavy atom. The maximum absolute atomic E-state index is 3.43. The lowest BCUT2D eigenvalue weighted by Crippen LogP contribution is -2.46. The van der Waals surface area contributed by atoms with E-state index in [9.17, 15) is 0 Å². The second-order valence-electron chi connectivity index (χ2n) is 6.55. The minimum Gasteiger partial charge on any atom is -0.317 e. The molecule has 1 saturated heterocycles. The first-order valence-electron chi connectivity index (χ1n) is 8.15. The highest BCUT2D eigenvalue weighted by Crippen LogP contribution is 2.32. The third-order valence-corrected chi connectivity index (χ3v) is 5.59. The van der Waals surface area contributed by atoms with Gasteiger partial charge in [-0.1, -0.05) is 26.2 Å². The van der Waals surface area contributed by atoms with Crippen LogP contribution in [0.25, 0.3) is 0 Å². The van der Waals surface area contributed by atoms with Crippen LogP contribution in [0.5, 0.6) is 0 Å². The summed E-state index contributed by atoms with van der Waals surface area (Å²) < 4.78 is 0. The fraction of sp³-hybridized carbons (Fsp3) is 1.00. The molecule has 1 N–H and O–H groups in total. The van der Waals surface area contributed by atoms with Gasteiger partial charge in [-0.25, -0.2) is 0 Å². The minimum absolute atomic E-state index is 0.696. The van der Waals surface area contributed by atoms with Crippen LogP contribution in [0.2, 0.25) is 0 Å². The van der Waals surface area contributed by atoms with Gasteiger partial charge in [0.1, 0.15) is 0 Å². The van der Waals surface area contributed by atoms with Crippen LogP contribution in [0.1, 0.15) is 58.8 Å². The summed E-state index contributed by atoms with van der Waals surface area (Å²) in [5, 5.41) is 3.43. The normalized spacial score (nSPS) is 33.5. The molecule has 3 atom stereocenters. The number of nitrogens with zero attached hydrogens (tertiary/aromatic N) is 1. The first kappa shape index (κ1) is 14.3. The van der Waals surface area contributed by atoms with Crippen LogP contribution in [0.15, 0.2) is 0 Å². The number of likely N-dealkylation sites (tertiary alicyclic amines) is 1. The summed E-state index contributed by atoms with van der Waals surface area (Å²) in [5.74, 6) is 1.91. The Kier molecular flexibility index (Phi) is 5.50. The molecule has 0 aromatic rings. The van der Waals surface area contributed by atoms with Gasteiger partial charge in [-0.2, -0.15) is 0 Å². The summed E-state index contributed by atoms with van der Waals surface area (Å²) in [6.45, 7) is 7.40. The van der Waals surface area contributed by atoms with E-state index in [1.165, 1.54) is 58.0 Å². The van der Waals surface area contributed by atoms with E-state index in [0.717, 1.165) is 17.9 Å². The zero-order chi connectivity index (χ0) is 13.0. The van der Waals surface area contributed by atoms with Gasteiger partial charge in [0.15, 0.2) is 0 Å². The predicted octanol–water partition coefficient (Wildman–Crippen LogP) is 3.28. The molecule has 0 radical (unpaired) electrons. The second kappa shape index (κ2) is 6.91. The molecule has 1 saturated carbocycles. The van der Waals surface area contributed by atoms with Crippen LogP contribution in [0.3, 0.4) is 0 Å². The van der Waals surface area contributed by atoms with E-state index < -0.39 is 0 Å². The molecule has 1 aliphatic carbocycles. The van der Waals surface area contributed by atoms with Gasteiger partial charge in [0, 0.05) is 12.1 Å². The maximum Gasteiger partial charge on any atom is 0.00978 e. The molecule has 0 amide bonds. The van der Waals surface area contributed by atoms with E-state index in [0.29, 0.717) is 6.04 Å². The smallest absolute Gasteiger partial charge is 0.00978 e. The fourth-order valence-corrected chi connectivity index (χ4v) is 3.99.